The average molecular weight is 197 g/mol. The number of rotatable bonds is 7. The second kappa shape index (κ2) is 8.62. The molecule has 0 radical (unpaired) electrons. The van der Waals surface area contributed by atoms with Crippen molar-refractivity contribution < 1.29 is 9.42 Å². The Morgan fingerprint density at radius 3 is 2.45 bits per heavy atom. The van der Waals surface area contributed by atoms with Gasteiger partial charge in [-0.05, 0) is 31.2 Å². The minimum absolute atomic E-state index is 0.596. The molecule has 0 aromatic carbocycles. The van der Waals surface area contributed by atoms with Gasteiger partial charge < -0.3 is 15.2 Å². The molecule has 68 valence electrons. The fourth-order valence-corrected chi connectivity index (χ4v) is 1.33. The first-order chi connectivity index (χ1) is 5.27. The summed E-state index contributed by atoms with van der Waals surface area (Å²) in [7, 11) is -1.87. The van der Waals surface area contributed by atoms with Crippen LogP contribution in [0.4, 0.5) is 0 Å². The Morgan fingerprint density at radius 2 is 1.91 bits per heavy atom. The molecule has 0 saturated carbocycles. The first-order valence-electron chi connectivity index (χ1n) is 3.83. The van der Waals surface area contributed by atoms with E-state index >= 15 is 0 Å². The highest BCUT2D eigenvalue weighted by molar-refractivity contribution is 8.00. The molecule has 5 heteroatoms. The summed E-state index contributed by atoms with van der Waals surface area (Å²) in [5.41, 5.74) is 5.31. The lowest BCUT2D eigenvalue weighted by molar-refractivity contribution is 0.312. The SMILES string of the molecule is NCCCCCCO[PH](O)=S. The van der Waals surface area contributed by atoms with Gasteiger partial charge in [0.25, 0.3) is 0 Å². The summed E-state index contributed by atoms with van der Waals surface area (Å²) in [5, 5.41) is 0. The van der Waals surface area contributed by atoms with Gasteiger partial charge in [-0.3, -0.25) is 0 Å². The van der Waals surface area contributed by atoms with Crippen molar-refractivity contribution in [2.45, 2.75) is 25.7 Å². The normalized spacial score (nSPS) is 13.3. The third-order valence-electron chi connectivity index (χ3n) is 1.32. The van der Waals surface area contributed by atoms with Crippen LogP contribution in [0.5, 0.6) is 0 Å². The molecule has 3 N–H and O–H groups in total. The molecule has 0 saturated heterocycles. The maximum absolute atomic E-state index is 8.63. The monoisotopic (exact) mass is 197 g/mol. The van der Waals surface area contributed by atoms with E-state index in [1.807, 2.05) is 0 Å². The molecule has 11 heavy (non-hydrogen) atoms. The topological polar surface area (TPSA) is 55.5 Å². The average Bonchev–Trinajstić information content (AvgIpc) is 1.96. The standard InChI is InChI=1S/C6H16NO2PS/c7-5-3-1-2-4-6-9-10(8)11/h10H,1-7H2,(H,8,11). The van der Waals surface area contributed by atoms with Gasteiger partial charge in [-0.2, -0.15) is 0 Å². The Kier molecular flexibility index (Phi) is 9.04. The molecule has 0 spiro atoms. The second-order valence-electron chi connectivity index (χ2n) is 2.32. The van der Waals surface area contributed by atoms with E-state index < -0.39 is 7.15 Å². The molecule has 0 aliphatic heterocycles. The van der Waals surface area contributed by atoms with Crippen LogP contribution in [0.1, 0.15) is 25.7 Å². The molecule has 0 fully saturated rings. The van der Waals surface area contributed by atoms with E-state index in [2.05, 4.69) is 11.8 Å². The summed E-state index contributed by atoms with van der Waals surface area (Å²) in [6, 6.07) is 0. The summed E-state index contributed by atoms with van der Waals surface area (Å²) < 4.78 is 4.86. The molecule has 1 atom stereocenters. The zero-order chi connectivity index (χ0) is 8.53. The zero-order valence-corrected chi connectivity index (χ0v) is 8.40. The van der Waals surface area contributed by atoms with Gasteiger partial charge in [0, 0.05) is 0 Å². The summed E-state index contributed by atoms with van der Waals surface area (Å²) in [6.45, 7) is 1.36. The summed E-state index contributed by atoms with van der Waals surface area (Å²) >= 11 is 4.49. The molecule has 0 rings (SSSR count). The molecule has 1 unspecified atom stereocenters. The lowest BCUT2D eigenvalue weighted by Gasteiger charge is -2.00. The van der Waals surface area contributed by atoms with Gasteiger partial charge in [0.2, 0.25) is 0 Å². The molecule has 0 aromatic rings. The van der Waals surface area contributed by atoms with Crippen LogP contribution in [0.15, 0.2) is 0 Å². The van der Waals surface area contributed by atoms with Crippen molar-refractivity contribution in [2.75, 3.05) is 13.2 Å². The van der Waals surface area contributed by atoms with Gasteiger partial charge >= 0.3 is 0 Å². The van der Waals surface area contributed by atoms with Gasteiger partial charge in [0.15, 0.2) is 7.15 Å². The molecule has 0 heterocycles. The third kappa shape index (κ3) is 10.5. The molecule has 0 bridgehead atoms. The van der Waals surface area contributed by atoms with E-state index in [0.717, 1.165) is 32.2 Å². The van der Waals surface area contributed by atoms with E-state index in [0.29, 0.717) is 6.61 Å². The Bertz CT molecular complexity index is 113. The van der Waals surface area contributed by atoms with E-state index in [-0.39, 0.29) is 0 Å². The summed E-state index contributed by atoms with van der Waals surface area (Å²) in [6.07, 6.45) is 4.31. The van der Waals surface area contributed by atoms with Gasteiger partial charge in [-0.15, -0.1) is 0 Å². The van der Waals surface area contributed by atoms with Crippen molar-refractivity contribution in [1.82, 2.24) is 0 Å². The highest BCUT2D eigenvalue weighted by Crippen LogP contribution is 2.15. The van der Waals surface area contributed by atoms with Gasteiger partial charge in [0.05, 0.1) is 6.61 Å². The Labute approximate surface area is 73.5 Å². The van der Waals surface area contributed by atoms with E-state index in [1.54, 1.807) is 0 Å². The van der Waals surface area contributed by atoms with Crippen molar-refractivity contribution >= 4 is 19.0 Å². The molecule has 3 nitrogen and oxygen atoms in total. The fourth-order valence-electron chi connectivity index (χ4n) is 0.759. The Hall–Kier alpha value is 0.530. The molecule has 0 amide bonds. The van der Waals surface area contributed by atoms with Crippen LogP contribution in [-0.4, -0.2) is 18.0 Å². The highest BCUT2D eigenvalue weighted by atomic mass is 32.4. The van der Waals surface area contributed by atoms with Crippen molar-refractivity contribution in [3.63, 3.8) is 0 Å². The minimum atomic E-state index is -1.87. The maximum Gasteiger partial charge on any atom is 0.173 e. The van der Waals surface area contributed by atoms with Gasteiger partial charge in [-0.1, -0.05) is 12.8 Å². The van der Waals surface area contributed by atoms with Crippen LogP contribution in [0.25, 0.3) is 0 Å². The van der Waals surface area contributed by atoms with Crippen molar-refractivity contribution in [3.05, 3.63) is 0 Å². The third-order valence-corrected chi connectivity index (χ3v) is 2.13. The highest BCUT2D eigenvalue weighted by Gasteiger charge is 1.90. The molecule has 0 aliphatic rings. The quantitative estimate of drug-likeness (QED) is 0.472. The summed E-state index contributed by atoms with van der Waals surface area (Å²) in [5.74, 6) is 0. The first kappa shape index (κ1) is 11.5. The second-order valence-corrected chi connectivity index (χ2v) is 4.19. The van der Waals surface area contributed by atoms with E-state index in [9.17, 15) is 0 Å². The molecule has 0 aromatic heterocycles. The first-order valence-corrected chi connectivity index (χ1v) is 6.32. The predicted molar refractivity (Wildman–Crippen MR) is 51.4 cm³/mol. The van der Waals surface area contributed by atoms with Gasteiger partial charge in [-0.25, -0.2) is 0 Å². The van der Waals surface area contributed by atoms with E-state index in [4.69, 9.17) is 15.2 Å². The molecule has 0 aliphatic carbocycles. The molecular formula is C6H16NO2PS. The van der Waals surface area contributed by atoms with Crippen LogP contribution in [0.3, 0.4) is 0 Å². The summed E-state index contributed by atoms with van der Waals surface area (Å²) in [4.78, 5) is 8.63. The number of nitrogens with two attached hydrogens (primary N) is 1. The number of unbranched alkanes of at least 4 members (excludes halogenated alkanes) is 3. The number of hydrogen-bond donors (Lipinski definition) is 2. The van der Waals surface area contributed by atoms with Gasteiger partial charge in [0.1, 0.15) is 0 Å². The predicted octanol–water partition coefficient (Wildman–Crippen LogP) is 1.02. The smallest absolute Gasteiger partial charge is 0.173 e. The maximum atomic E-state index is 8.63. The largest absolute Gasteiger partial charge is 0.347 e. The van der Waals surface area contributed by atoms with E-state index in [1.165, 1.54) is 0 Å². The fraction of sp³-hybridized carbons (Fsp3) is 1.00. The molecular weight excluding hydrogens is 181 g/mol. The van der Waals surface area contributed by atoms with Crippen molar-refractivity contribution in [1.29, 1.82) is 0 Å². The number of hydrogen-bond acceptors (Lipinski definition) is 3. The van der Waals surface area contributed by atoms with Crippen LogP contribution in [0.2, 0.25) is 0 Å². The zero-order valence-electron chi connectivity index (χ0n) is 6.58. The van der Waals surface area contributed by atoms with Crippen LogP contribution in [0, 0.1) is 0 Å². The lowest BCUT2D eigenvalue weighted by Crippen LogP contribution is -1.98. The van der Waals surface area contributed by atoms with Crippen molar-refractivity contribution in [3.8, 4) is 0 Å². The lowest BCUT2D eigenvalue weighted by atomic mass is 10.2. The Morgan fingerprint density at radius 1 is 1.27 bits per heavy atom. The van der Waals surface area contributed by atoms with Crippen LogP contribution >= 0.6 is 7.15 Å². The van der Waals surface area contributed by atoms with Crippen LogP contribution < -0.4 is 5.73 Å². The van der Waals surface area contributed by atoms with Crippen molar-refractivity contribution in [2.24, 2.45) is 5.73 Å². The van der Waals surface area contributed by atoms with Crippen LogP contribution in [-0.2, 0) is 16.3 Å². The minimum Gasteiger partial charge on any atom is -0.347 e. The Balaban J connectivity index is 2.85.